The molecule has 0 aliphatic rings. The number of methoxy groups -OCH3 is 2. The van der Waals surface area contributed by atoms with E-state index in [1.807, 2.05) is 36.4 Å². The summed E-state index contributed by atoms with van der Waals surface area (Å²) in [6.07, 6.45) is 0. The number of benzene rings is 2. The zero-order valence-electron chi connectivity index (χ0n) is 11.8. The van der Waals surface area contributed by atoms with Crippen LogP contribution in [-0.2, 0) is 0 Å². The van der Waals surface area contributed by atoms with Gasteiger partial charge in [0.2, 0.25) is 5.78 Å². The number of ketones is 1. The van der Waals surface area contributed by atoms with Crippen molar-refractivity contribution in [1.82, 2.24) is 4.98 Å². The van der Waals surface area contributed by atoms with Crippen molar-refractivity contribution in [3.8, 4) is 11.5 Å². The molecular formula is C17H15NO3. The highest BCUT2D eigenvalue weighted by Crippen LogP contribution is 2.25. The third-order valence-electron chi connectivity index (χ3n) is 3.42. The molecule has 0 radical (unpaired) electrons. The van der Waals surface area contributed by atoms with Gasteiger partial charge in [-0.3, -0.25) is 4.79 Å². The first-order chi connectivity index (χ1) is 10.2. The van der Waals surface area contributed by atoms with Crippen LogP contribution in [-0.4, -0.2) is 25.0 Å². The number of ether oxygens (including phenoxy) is 2. The average molecular weight is 281 g/mol. The molecule has 106 valence electrons. The van der Waals surface area contributed by atoms with E-state index >= 15 is 0 Å². The number of aromatic nitrogens is 1. The Morgan fingerprint density at radius 3 is 2.57 bits per heavy atom. The van der Waals surface area contributed by atoms with Gasteiger partial charge in [-0.05, 0) is 36.4 Å². The molecule has 0 saturated carbocycles. The van der Waals surface area contributed by atoms with Gasteiger partial charge in [-0.25, -0.2) is 0 Å². The van der Waals surface area contributed by atoms with E-state index in [-0.39, 0.29) is 5.78 Å². The lowest BCUT2D eigenvalue weighted by Crippen LogP contribution is -2.03. The molecule has 1 heterocycles. The minimum atomic E-state index is -0.0948. The summed E-state index contributed by atoms with van der Waals surface area (Å²) < 4.78 is 10.4. The summed E-state index contributed by atoms with van der Waals surface area (Å²) in [4.78, 5) is 15.7. The Morgan fingerprint density at radius 2 is 1.81 bits per heavy atom. The van der Waals surface area contributed by atoms with Crippen LogP contribution in [0.1, 0.15) is 16.1 Å². The van der Waals surface area contributed by atoms with E-state index in [0.717, 1.165) is 16.7 Å². The summed E-state index contributed by atoms with van der Waals surface area (Å²) in [6, 6.07) is 14.7. The largest absolute Gasteiger partial charge is 0.497 e. The van der Waals surface area contributed by atoms with Crippen molar-refractivity contribution < 1.29 is 14.3 Å². The highest BCUT2D eigenvalue weighted by molar-refractivity contribution is 6.11. The SMILES string of the molecule is COc1ccc2[nH]c(C(=O)c3ccccc3OC)cc2c1. The fraction of sp³-hybridized carbons (Fsp3) is 0.118. The van der Waals surface area contributed by atoms with E-state index in [1.54, 1.807) is 26.4 Å². The zero-order chi connectivity index (χ0) is 14.8. The van der Waals surface area contributed by atoms with Crippen molar-refractivity contribution in [2.75, 3.05) is 14.2 Å². The van der Waals surface area contributed by atoms with Crippen LogP contribution in [0.3, 0.4) is 0 Å². The molecule has 0 spiro atoms. The first-order valence-corrected chi connectivity index (χ1v) is 6.57. The van der Waals surface area contributed by atoms with Gasteiger partial charge in [0.05, 0.1) is 25.5 Å². The van der Waals surface area contributed by atoms with E-state index in [0.29, 0.717) is 17.0 Å². The van der Waals surface area contributed by atoms with Gasteiger partial charge >= 0.3 is 0 Å². The summed E-state index contributed by atoms with van der Waals surface area (Å²) in [5.41, 5.74) is 1.97. The predicted molar refractivity (Wildman–Crippen MR) is 81.3 cm³/mol. The van der Waals surface area contributed by atoms with Crippen molar-refractivity contribution in [2.24, 2.45) is 0 Å². The van der Waals surface area contributed by atoms with Gasteiger partial charge in [0.25, 0.3) is 0 Å². The molecule has 1 aromatic heterocycles. The van der Waals surface area contributed by atoms with Crippen LogP contribution in [0.15, 0.2) is 48.5 Å². The number of fused-ring (bicyclic) bond motifs is 1. The van der Waals surface area contributed by atoms with Crippen molar-refractivity contribution in [3.63, 3.8) is 0 Å². The van der Waals surface area contributed by atoms with Crippen LogP contribution >= 0.6 is 0 Å². The first-order valence-electron chi connectivity index (χ1n) is 6.57. The highest BCUT2D eigenvalue weighted by atomic mass is 16.5. The third kappa shape index (κ3) is 2.36. The van der Waals surface area contributed by atoms with Crippen LogP contribution < -0.4 is 9.47 Å². The maximum atomic E-state index is 12.6. The van der Waals surface area contributed by atoms with E-state index in [2.05, 4.69) is 4.98 Å². The molecular weight excluding hydrogens is 266 g/mol. The normalized spacial score (nSPS) is 10.6. The van der Waals surface area contributed by atoms with Crippen molar-refractivity contribution in [1.29, 1.82) is 0 Å². The molecule has 21 heavy (non-hydrogen) atoms. The van der Waals surface area contributed by atoms with Crippen LogP contribution in [0.25, 0.3) is 10.9 Å². The molecule has 3 aromatic rings. The van der Waals surface area contributed by atoms with Gasteiger partial charge in [0, 0.05) is 10.9 Å². The Morgan fingerprint density at radius 1 is 1.00 bits per heavy atom. The summed E-state index contributed by atoms with van der Waals surface area (Å²) >= 11 is 0. The van der Waals surface area contributed by atoms with E-state index < -0.39 is 0 Å². The first kappa shape index (κ1) is 13.2. The zero-order valence-corrected chi connectivity index (χ0v) is 11.8. The molecule has 0 aliphatic carbocycles. The molecule has 0 fully saturated rings. The summed E-state index contributed by atoms with van der Waals surface area (Å²) in [7, 11) is 3.18. The second kappa shape index (κ2) is 5.32. The molecule has 2 aromatic carbocycles. The minimum Gasteiger partial charge on any atom is -0.497 e. The highest BCUT2D eigenvalue weighted by Gasteiger charge is 2.16. The Balaban J connectivity index is 2.05. The molecule has 3 rings (SSSR count). The molecule has 0 amide bonds. The lowest BCUT2D eigenvalue weighted by atomic mass is 10.1. The number of rotatable bonds is 4. The van der Waals surface area contributed by atoms with Crippen LogP contribution in [0, 0.1) is 0 Å². The van der Waals surface area contributed by atoms with Gasteiger partial charge in [0.15, 0.2) is 0 Å². The monoisotopic (exact) mass is 281 g/mol. The van der Waals surface area contributed by atoms with Crippen molar-refractivity contribution in [3.05, 3.63) is 59.8 Å². The molecule has 0 bridgehead atoms. The van der Waals surface area contributed by atoms with Crippen LogP contribution in [0.2, 0.25) is 0 Å². The number of para-hydroxylation sites is 1. The Labute approximate surface area is 122 Å². The third-order valence-corrected chi connectivity index (χ3v) is 3.42. The van der Waals surface area contributed by atoms with E-state index in [1.165, 1.54) is 0 Å². The summed E-state index contributed by atoms with van der Waals surface area (Å²) in [6.45, 7) is 0. The van der Waals surface area contributed by atoms with Gasteiger partial charge in [0.1, 0.15) is 11.5 Å². The Hall–Kier alpha value is -2.75. The number of carbonyl (C=O) groups excluding carboxylic acids is 1. The average Bonchev–Trinajstić information content (AvgIpc) is 2.96. The fourth-order valence-electron chi connectivity index (χ4n) is 2.34. The molecule has 0 saturated heterocycles. The molecule has 4 heteroatoms. The standard InChI is InChI=1S/C17H15NO3/c1-20-12-7-8-14-11(9-12)10-15(18-14)17(19)13-5-3-4-6-16(13)21-2/h3-10,18H,1-2H3. The van der Waals surface area contributed by atoms with Gasteiger partial charge in [-0.1, -0.05) is 12.1 Å². The second-order valence-corrected chi connectivity index (χ2v) is 4.67. The van der Waals surface area contributed by atoms with Crippen LogP contribution in [0.5, 0.6) is 11.5 Å². The molecule has 0 unspecified atom stereocenters. The Kier molecular flexibility index (Phi) is 3.36. The summed E-state index contributed by atoms with van der Waals surface area (Å²) in [5, 5.41) is 0.938. The van der Waals surface area contributed by atoms with Gasteiger partial charge in [-0.2, -0.15) is 0 Å². The lowest BCUT2D eigenvalue weighted by molar-refractivity contribution is 0.103. The van der Waals surface area contributed by atoms with E-state index in [4.69, 9.17) is 9.47 Å². The molecule has 0 aliphatic heterocycles. The van der Waals surface area contributed by atoms with Crippen molar-refractivity contribution in [2.45, 2.75) is 0 Å². The number of aromatic amines is 1. The second-order valence-electron chi connectivity index (χ2n) is 4.67. The number of hydrogen-bond donors (Lipinski definition) is 1. The van der Waals surface area contributed by atoms with Gasteiger partial charge < -0.3 is 14.5 Å². The quantitative estimate of drug-likeness (QED) is 0.745. The maximum Gasteiger partial charge on any atom is 0.212 e. The van der Waals surface area contributed by atoms with Crippen LogP contribution in [0.4, 0.5) is 0 Å². The maximum absolute atomic E-state index is 12.6. The number of H-pyrrole nitrogens is 1. The number of carbonyl (C=O) groups is 1. The summed E-state index contributed by atoms with van der Waals surface area (Å²) in [5.74, 6) is 1.24. The lowest BCUT2D eigenvalue weighted by Gasteiger charge is -2.05. The van der Waals surface area contributed by atoms with Gasteiger partial charge in [-0.15, -0.1) is 0 Å². The minimum absolute atomic E-state index is 0.0948. The van der Waals surface area contributed by atoms with E-state index in [9.17, 15) is 4.79 Å². The topological polar surface area (TPSA) is 51.3 Å². The molecule has 0 atom stereocenters. The number of nitrogens with one attached hydrogen (secondary N) is 1. The number of hydrogen-bond acceptors (Lipinski definition) is 3. The molecule has 4 nitrogen and oxygen atoms in total. The van der Waals surface area contributed by atoms with Crippen molar-refractivity contribution >= 4 is 16.7 Å². The molecule has 1 N–H and O–H groups in total. The Bertz CT molecular complexity index is 805. The predicted octanol–water partition coefficient (Wildman–Crippen LogP) is 3.42. The fourth-order valence-corrected chi connectivity index (χ4v) is 2.34. The smallest absolute Gasteiger partial charge is 0.212 e.